The average molecular weight is 595 g/mol. The number of rotatable bonds is 4. The molecule has 3 fully saturated rings. The highest BCUT2D eigenvalue weighted by molar-refractivity contribution is 7.90. The Morgan fingerprint density at radius 3 is 2.39 bits per heavy atom. The van der Waals surface area contributed by atoms with Crippen molar-refractivity contribution in [3.8, 4) is 0 Å². The lowest BCUT2D eigenvalue weighted by molar-refractivity contribution is -0.146. The average Bonchev–Trinajstić information content (AvgIpc) is 3.36. The van der Waals surface area contributed by atoms with Gasteiger partial charge in [-0.2, -0.15) is 0 Å². The van der Waals surface area contributed by atoms with Crippen LogP contribution in [0.4, 0.5) is 4.79 Å². The van der Waals surface area contributed by atoms with Crippen LogP contribution in [0, 0.1) is 5.92 Å². The van der Waals surface area contributed by atoms with Crippen molar-refractivity contribution >= 4 is 33.8 Å². The Labute approximate surface area is 243 Å². The number of hydrogen-bond donors (Lipinski definition) is 3. The SMILES string of the molecule is CC(C)(C)NC(=O)O[C@H]1CCCCCC=C[C@@H]2C[C@@]2(C(=O)NS(=O)(=O)C2CCCCC2)NC(=O)[C@@H]2CCCN2C1=O. The number of fused-ring (bicyclic) bond motifs is 2. The van der Waals surface area contributed by atoms with E-state index >= 15 is 0 Å². The number of allylic oxidation sites excluding steroid dienone is 1. The molecule has 4 rings (SSSR count). The van der Waals surface area contributed by atoms with E-state index in [1.54, 1.807) is 0 Å². The second-order valence-electron chi connectivity index (χ2n) is 13.0. The largest absolute Gasteiger partial charge is 0.436 e. The minimum absolute atomic E-state index is 0.292. The molecule has 4 amide bonds. The molecule has 0 unspecified atom stereocenters. The van der Waals surface area contributed by atoms with Crippen molar-refractivity contribution in [1.82, 2.24) is 20.3 Å². The van der Waals surface area contributed by atoms with Crippen LogP contribution < -0.4 is 15.4 Å². The molecule has 0 spiro atoms. The number of nitrogens with zero attached hydrogens (tertiary/aromatic N) is 1. The minimum atomic E-state index is -3.88. The van der Waals surface area contributed by atoms with Crippen molar-refractivity contribution in [1.29, 1.82) is 0 Å². The summed E-state index contributed by atoms with van der Waals surface area (Å²) in [5.41, 5.74) is -1.92. The molecule has 2 heterocycles. The molecular formula is C29H46N4O7S. The normalized spacial score (nSPS) is 30.2. The highest BCUT2D eigenvalue weighted by Gasteiger charge is 2.61. The summed E-state index contributed by atoms with van der Waals surface area (Å²) in [5, 5.41) is 4.97. The molecule has 2 saturated carbocycles. The molecule has 41 heavy (non-hydrogen) atoms. The third-order valence-electron chi connectivity index (χ3n) is 8.54. The molecule has 0 bridgehead atoms. The summed E-state index contributed by atoms with van der Waals surface area (Å²) in [6.07, 6.45) is 10.5. The van der Waals surface area contributed by atoms with Crippen LogP contribution in [0.5, 0.6) is 0 Å². The molecule has 4 atom stereocenters. The molecule has 1 saturated heterocycles. The molecule has 3 N–H and O–H groups in total. The Hall–Kier alpha value is -2.63. The van der Waals surface area contributed by atoms with Gasteiger partial charge in [0.25, 0.3) is 11.8 Å². The third kappa shape index (κ3) is 7.81. The van der Waals surface area contributed by atoms with Crippen LogP contribution in [0.3, 0.4) is 0 Å². The fourth-order valence-corrected chi connectivity index (χ4v) is 7.74. The zero-order valence-corrected chi connectivity index (χ0v) is 25.4. The molecule has 12 heteroatoms. The van der Waals surface area contributed by atoms with E-state index in [1.807, 2.05) is 32.9 Å². The lowest BCUT2D eigenvalue weighted by atomic mass is 10.0. The van der Waals surface area contributed by atoms with Crippen LogP contribution in [0.25, 0.3) is 0 Å². The number of hydrogen-bond acceptors (Lipinski definition) is 7. The van der Waals surface area contributed by atoms with Crippen molar-refractivity contribution in [3.05, 3.63) is 12.2 Å². The van der Waals surface area contributed by atoms with Crippen LogP contribution >= 0.6 is 0 Å². The van der Waals surface area contributed by atoms with Gasteiger partial charge in [-0.25, -0.2) is 13.2 Å². The fourth-order valence-electron chi connectivity index (χ4n) is 6.18. The lowest BCUT2D eigenvalue weighted by Crippen LogP contribution is -2.58. The van der Waals surface area contributed by atoms with E-state index in [9.17, 15) is 27.6 Å². The van der Waals surface area contributed by atoms with Gasteiger partial charge in [0, 0.05) is 18.0 Å². The first-order valence-electron chi connectivity index (χ1n) is 15.2. The van der Waals surface area contributed by atoms with Crippen molar-refractivity contribution in [2.75, 3.05) is 6.54 Å². The van der Waals surface area contributed by atoms with Crippen molar-refractivity contribution in [2.24, 2.45) is 5.92 Å². The molecule has 0 radical (unpaired) electrons. The Morgan fingerprint density at radius 1 is 1.00 bits per heavy atom. The molecule has 4 aliphatic rings. The van der Waals surface area contributed by atoms with E-state index in [0.717, 1.165) is 38.5 Å². The van der Waals surface area contributed by atoms with Crippen molar-refractivity contribution in [3.63, 3.8) is 0 Å². The van der Waals surface area contributed by atoms with E-state index in [4.69, 9.17) is 4.74 Å². The van der Waals surface area contributed by atoms with Crippen LogP contribution in [-0.4, -0.2) is 72.2 Å². The third-order valence-corrected chi connectivity index (χ3v) is 10.4. The van der Waals surface area contributed by atoms with Gasteiger partial charge in [0.05, 0.1) is 5.25 Å². The zero-order valence-electron chi connectivity index (χ0n) is 24.6. The number of ether oxygens (including phenoxy) is 1. The predicted octanol–water partition coefficient (Wildman–Crippen LogP) is 3.04. The summed E-state index contributed by atoms with van der Waals surface area (Å²) >= 11 is 0. The Kier molecular flexibility index (Phi) is 9.70. The van der Waals surface area contributed by atoms with Gasteiger partial charge in [0.15, 0.2) is 6.10 Å². The van der Waals surface area contributed by atoms with Crippen LogP contribution in [-0.2, 0) is 29.1 Å². The van der Waals surface area contributed by atoms with Gasteiger partial charge >= 0.3 is 6.09 Å². The summed E-state index contributed by atoms with van der Waals surface area (Å²) < 4.78 is 34.0. The molecule has 230 valence electrons. The summed E-state index contributed by atoms with van der Waals surface area (Å²) in [4.78, 5) is 54.8. The maximum atomic E-state index is 13.6. The Bertz CT molecular complexity index is 1140. The monoisotopic (exact) mass is 594 g/mol. The topological polar surface area (TPSA) is 151 Å². The summed E-state index contributed by atoms with van der Waals surface area (Å²) in [6.45, 7) is 5.78. The van der Waals surface area contributed by atoms with Crippen LogP contribution in [0.2, 0.25) is 0 Å². The van der Waals surface area contributed by atoms with Gasteiger partial charge in [-0.05, 0) is 78.6 Å². The number of nitrogens with one attached hydrogen (secondary N) is 3. The molecule has 0 aromatic carbocycles. The number of alkyl carbamates (subject to hydrolysis) is 1. The maximum Gasteiger partial charge on any atom is 0.408 e. The second-order valence-corrected chi connectivity index (χ2v) is 15.0. The predicted molar refractivity (Wildman–Crippen MR) is 153 cm³/mol. The van der Waals surface area contributed by atoms with E-state index in [0.29, 0.717) is 51.5 Å². The standard InChI is InChI=1S/C29H46N4O7S/c1-28(2,3)31-27(37)40-23-17-11-6-4-5-8-13-20-19-29(20,30-24(34)22-16-12-18-33(22)25(23)35)26(36)32-41(38,39)21-14-9-7-10-15-21/h8,13,20-23H,4-7,9-12,14-19H2,1-3H3,(H,30,34)(H,31,37)(H,32,36)/t20-,22+,23+,29-/m1/s1. The van der Waals surface area contributed by atoms with Crippen molar-refractivity contribution in [2.45, 2.75) is 133 Å². The minimum Gasteiger partial charge on any atom is -0.436 e. The molecule has 0 aromatic heterocycles. The Morgan fingerprint density at radius 2 is 1.68 bits per heavy atom. The maximum absolute atomic E-state index is 13.6. The Balaban J connectivity index is 1.53. The van der Waals surface area contributed by atoms with Gasteiger partial charge in [-0.1, -0.05) is 37.8 Å². The van der Waals surface area contributed by atoms with Gasteiger partial charge in [0.1, 0.15) is 11.6 Å². The first-order chi connectivity index (χ1) is 19.3. The van der Waals surface area contributed by atoms with E-state index in [-0.39, 0.29) is 5.92 Å². The first-order valence-corrected chi connectivity index (χ1v) is 16.7. The van der Waals surface area contributed by atoms with E-state index < -0.39 is 62.3 Å². The lowest BCUT2D eigenvalue weighted by Gasteiger charge is -2.30. The molecule has 2 aliphatic carbocycles. The highest BCUT2D eigenvalue weighted by Crippen LogP contribution is 2.46. The van der Waals surface area contributed by atoms with E-state index in [2.05, 4.69) is 15.4 Å². The number of amides is 4. The highest BCUT2D eigenvalue weighted by atomic mass is 32.2. The zero-order chi connectivity index (χ0) is 29.8. The quantitative estimate of drug-likeness (QED) is 0.423. The smallest absolute Gasteiger partial charge is 0.408 e. The molecule has 11 nitrogen and oxygen atoms in total. The summed E-state index contributed by atoms with van der Waals surface area (Å²) in [7, 11) is -3.88. The fraction of sp³-hybridized carbons (Fsp3) is 0.793. The molecule has 0 aromatic rings. The first kappa shape index (κ1) is 31.3. The van der Waals surface area contributed by atoms with Gasteiger partial charge in [0.2, 0.25) is 15.9 Å². The summed E-state index contributed by atoms with van der Waals surface area (Å²) in [5.74, 6) is -1.97. The van der Waals surface area contributed by atoms with Crippen molar-refractivity contribution < 1.29 is 32.3 Å². The second kappa shape index (κ2) is 12.7. The number of sulfonamides is 1. The van der Waals surface area contributed by atoms with Crippen LogP contribution in [0.1, 0.15) is 104 Å². The van der Waals surface area contributed by atoms with Gasteiger partial charge < -0.3 is 20.3 Å². The molecular weight excluding hydrogens is 548 g/mol. The number of carbonyl (C=O) groups excluding carboxylic acids is 4. The number of carbonyl (C=O) groups is 4. The van der Waals surface area contributed by atoms with Crippen LogP contribution in [0.15, 0.2) is 12.2 Å². The summed E-state index contributed by atoms with van der Waals surface area (Å²) in [6, 6.07) is -0.839. The van der Waals surface area contributed by atoms with E-state index in [1.165, 1.54) is 4.90 Å². The van der Waals surface area contributed by atoms with Gasteiger partial charge in [-0.3, -0.25) is 19.1 Å². The van der Waals surface area contributed by atoms with Gasteiger partial charge in [-0.15, -0.1) is 0 Å². The molecule has 2 aliphatic heterocycles.